The van der Waals surface area contributed by atoms with E-state index in [0.29, 0.717) is 18.9 Å². The molecule has 1 amide bonds. The molecule has 0 aliphatic carbocycles. The lowest BCUT2D eigenvalue weighted by Gasteiger charge is -2.26. The van der Waals surface area contributed by atoms with E-state index >= 15 is 0 Å². The summed E-state index contributed by atoms with van der Waals surface area (Å²) in [4.78, 5) is 28.9. The second kappa shape index (κ2) is 9.49. The van der Waals surface area contributed by atoms with Gasteiger partial charge in [-0.2, -0.15) is 0 Å². The summed E-state index contributed by atoms with van der Waals surface area (Å²) in [5.41, 5.74) is 0.202. The van der Waals surface area contributed by atoms with E-state index in [2.05, 4.69) is 0 Å². The van der Waals surface area contributed by atoms with E-state index in [1.165, 1.54) is 35.2 Å². The van der Waals surface area contributed by atoms with Gasteiger partial charge in [-0.3, -0.25) is 9.59 Å². The number of halogens is 2. The van der Waals surface area contributed by atoms with Gasteiger partial charge in [-0.25, -0.2) is 4.39 Å². The second-order valence-electron chi connectivity index (χ2n) is 7.40. The molecule has 1 unspecified atom stereocenters. The van der Waals surface area contributed by atoms with Crippen molar-refractivity contribution in [3.8, 4) is 5.75 Å². The summed E-state index contributed by atoms with van der Waals surface area (Å²) in [6, 6.07) is 9.43. The lowest BCUT2D eigenvalue weighted by molar-refractivity contribution is -0.140. The van der Waals surface area contributed by atoms with Crippen molar-refractivity contribution < 1.29 is 23.8 Å². The van der Waals surface area contributed by atoms with Crippen LogP contribution >= 0.6 is 11.6 Å². The van der Waals surface area contributed by atoms with E-state index in [1.54, 1.807) is 12.1 Å². The lowest BCUT2D eigenvalue weighted by atomic mass is 9.95. The van der Waals surface area contributed by atoms with Crippen molar-refractivity contribution in [1.82, 2.24) is 9.80 Å². The largest absolute Gasteiger partial charge is 0.507 e. The average molecular weight is 447 g/mol. The second-order valence-corrected chi connectivity index (χ2v) is 7.80. The first-order valence-corrected chi connectivity index (χ1v) is 10.2. The first-order chi connectivity index (χ1) is 14.8. The lowest BCUT2D eigenvalue weighted by Crippen LogP contribution is -2.35. The summed E-state index contributed by atoms with van der Waals surface area (Å²) in [6.07, 6.45) is 0. The number of likely N-dealkylation sites (tertiary alicyclic amines) is 1. The van der Waals surface area contributed by atoms with Crippen LogP contribution in [0.15, 0.2) is 48.0 Å². The fraction of sp³-hybridized carbons (Fsp3) is 0.304. The molecule has 0 bridgehead atoms. The summed E-state index contributed by atoms with van der Waals surface area (Å²) < 4.78 is 20.1. The Balaban J connectivity index is 2.15. The Labute approximate surface area is 185 Å². The molecule has 0 radical (unpaired) electrons. The maximum absolute atomic E-state index is 14.7. The van der Waals surface area contributed by atoms with Crippen molar-refractivity contribution in [2.45, 2.75) is 13.0 Å². The van der Waals surface area contributed by atoms with Crippen LogP contribution in [0.5, 0.6) is 5.75 Å². The predicted molar refractivity (Wildman–Crippen MR) is 117 cm³/mol. The number of aliphatic hydroxyl groups excluding tert-OH is 1. The van der Waals surface area contributed by atoms with Crippen LogP contribution in [0.25, 0.3) is 5.76 Å². The predicted octanol–water partition coefficient (Wildman–Crippen LogP) is 3.86. The number of ether oxygens (including phenoxy) is 1. The van der Waals surface area contributed by atoms with Gasteiger partial charge < -0.3 is 19.6 Å². The van der Waals surface area contributed by atoms with Crippen molar-refractivity contribution in [2.75, 3.05) is 33.8 Å². The minimum atomic E-state index is -1.05. The molecular formula is C23H24ClFN2O4. The van der Waals surface area contributed by atoms with Gasteiger partial charge in [0.1, 0.15) is 17.3 Å². The normalized spacial score (nSPS) is 18.1. The van der Waals surface area contributed by atoms with Crippen LogP contribution in [-0.2, 0) is 9.59 Å². The van der Waals surface area contributed by atoms with Gasteiger partial charge in [0.15, 0.2) is 0 Å². The van der Waals surface area contributed by atoms with E-state index in [0.717, 1.165) is 0 Å². The topological polar surface area (TPSA) is 70.1 Å². The third-order valence-corrected chi connectivity index (χ3v) is 5.33. The molecular weight excluding hydrogens is 423 g/mol. The molecule has 8 heteroatoms. The number of carbonyl (C=O) groups is 2. The zero-order valence-electron chi connectivity index (χ0n) is 17.6. The Hall–Kier alpha value is -2.90. The first-order valence-electron chi connectivity index (χ1n) is 9.86. The van der Waals surface area contributed by atoms with E-state index in [4.69, 9.17) is 16.3 Å². The van der Waals surface area contributed by atoms with Crippen LogP contribution in [0, 0.1) is 5.82 Å². The van der Waals surface area contributed by atoms with Gasteiger partial charge in [-0.05, 0) is 45.3 Å². The third kappa shape index (κ3) is 4.57. The minimum Gasteiger partial charge on any atom is -0.507 e. The molecule has 0 aromatic heterocycles. The Morgan fingerprint density at radius 2 is 1.94 bits per heavy atom. The van der Waals surface area contributed by atoms with Gasteiger partial charge in [0, 0.05) is 24.2 Å². The highest BCUT2D eigenvalue weighted by Crippen LogP contribution is 2.40. The van der Waals surface area contributed by atoms with Crippen molar-refractivity contribution in [2.24, 2.45) is 0 Å². The Kier molecular flexibility index (Phi) is 6.97. The number of hydrogen-bond acceptors (Lipinski definition) is 5. The molecule has 0 saturated carbocycles. The molecule has 2 aromatic carbocycles. The van der Waals surface area contributed by atoms with Gasteiger partial charge in [-0.1, -0.05) is 29.8 Å². The van der Waals surface area contributed by atoms with Crippen LogP contribution in [0.1, 0.15) is 24.1 Å². The number of amides is 1. The summed E-state index contributed by atoms with van der Waals surface area (Å²) in [5, 5.41) is 11.3. The van der Waals surface area contributed by atoms with Gasteiger partial charge in [0.2, 0.25) is 0 Å². The average Bonchev–Trinajstić information content (AvgIpc) is 2.98. The quantitative estimate of drug-likeness (QED) is 0.397. The molecule has 1 aliphatic heterocycles. The molecule has 31 heavy (non-hydrogen) atoms. The molecule has 2 aromatic rings. The molecule has 1 atom stereocenters. The molecule has 1 fully saturated rings. The highest BCUT2D eigenvalue weighted by molar-refractivity contribution is 6.46. The number of benzene rings is 2. The number of hydrogen-bond donors (Lipinski definition) is 1. The maximum atomic E-state index is 14.7. The monoisotopic (exact) mass is 446 g/mol. The van der Waals surface area contributed by atoms with Crippen LogP contribution in [0.2, 0.25) is 5.02 Å². The molecule has 0 spiro atoms. The van der Waals surface area contributed by atoms with Gasteiger partial charge >= 0.3 is 0 Å². The number of rotatable bonds is 7. The number of Topliss-reactive ketones (excluding diaryl/α,β-unsaturated/α-hetero) is 1. The zero-order valence-corrected chi connectivity index (χ0v) is 18.3. The number of aliphatic hydroxyl groups is 1. The van der Waals surface area contributed by atoms with Gasteiger partial charge in [0.05, 0.1) is 23.2 Å². The molecule has 1 saturated heterocycles. The Morgan fingerprint density at radius 3 is 2.55 bits per heavy atom. The SMILES string of the molecule is CCOc1ccc(/C(O)=C2\C(=O)C(=O)N(CCN(C)C)C2c2ccccc2F)cc1Cl. The molecule has 1 aliphatic rings. The standard InChI is InChI=1S/C23H24ClFN2O4/c1-4-31-18-10-9-14(13-16(18)24)21(28)19-20(15-7-5-6-8-17(15)25)27(12-11-26(2)3)23(30)22(19)29/h5-10,13,20,28H,4,11-12H2,1-3H3/b21-19+. The van der Waals surface area contributed by atoms with Crippen LogP contribution in [-0.4, -0.2) is 60.4 Å². The fourth-order valence-electron chi connectivity index (χ4n) is 3.51. The van der Waals surface area contributed by atoms with Crippen LogP contribution < -0.4 is 4.74 Å². The number of carbonyl (C=O) groups excluding carboxylic acids is 2. The van der Waals surface area contributed by atoms with Crippen LogP contribution in [0.3, 0.4) is 0 Å². The first kappa shape index (κ1) is 22.8. The number of nitrogens with zero attached hydrogens (tertiary/aromatic N) is 2. The van der Waals surface area contributed by atoms with Crippen molar-refractivity contribution in [3.63, 3.8) is 0 Å². The highest BCUT2D eigenvalue weighted by Gasteiger charge is 2.46. The van der Waals surface area contributed by atoms with Crippen molar-refractivity contribution >= 4 is 29.1 Å². The highest BCUT2D eigenvalue weighted by atomic mass is 35.5. The zero-order chi connectivity index (χ0) is 22.7. The fourth-order valence-corrected chi connectivity index (χ4v) is 3.75. The molecule has 1 heterocycles. The Bertz CT molecular complexity index is 1040. The van der Waals surface area contributed by atoms with E-state index in [-0.39, 0.29) is 28.3 Å². The van der Waals surface area contributed by atoms with E-state index in [9.17, 15) is 19.1 Å². The van der Waals surface area contributed by atoms with E-state index in [1.807, 2.05) is 25.9 Å². The number of ketones is 1. The summed E-state index contributed by atoms with van der Waals surface area (Å²) in [7, 11) is 3.66. The summed E-state index contributed by atoms with van der Waals surface area (Å²) >= 11 is 6.23. The van der Waals surface area contributed by atoms with Gasteiger partial charge in [0.25, 0.3) is 11.7 Å². The molecule has 6 nitrogen and oxygen atoms in total. The van der Waals surface area contributed by atoms with Crippen LogP contribution in [0.4, 0.5) is 4.39 Å². The Morgan fingerprint density at radius 1 is 1.23 bits per heavy atom. The summed E-state index contributed by atoms with van der Waals surface area (Å²) in [6.45, 7) is 2.88. The molecule has 1 N–H and O–H groups in total. The van der Waals surface area contributed by atoms with Gasteiger partial charge in [-0.15, -0.1) is 0 Å². The van der Waals surface area contributed by atoms with E-state index < -0.39 is 29.3 Å². The third-order valence-electron chi connectivity index (χ3n) is 5.03. The molecule has 3 rings (SSSR count). The minimum absolute atomic E-state index is 0.138. The smallest absolute Gasteiger partial charge is 0.295 e. The summed E-state index contributed by atoms with van der Waals surface area (Å²) in [5.74, 6) is -2.20. The van der Waals surface area contributed by atoms with Crippen molar-refractivity contribution in [1.29, 1.82) is 0 Å². The molecule has 164 valence electrons. The maximum Gasteiger partial charge on any atom is 0.295 e. The van der Waals surface area contributed by atoms with Crippen molar-refractivity contribution in [3.05, 3.63) is 70.0 Å². The number of likely N-dealkylation sites (N-methyl/N-ethyl adjacent to an activating group) is 1.